The number of H-pyrrole nitrogens is 1. The zero-order chi connectivity index (χ0) is 16.8. The van der Waals surface area contributed by atoms with Crippen molar-refractivity contribution in [3.8, 4) is 17.2 Å². The molecule has 1 aliphatic carbocycles. The van der Waals surface area contributed by atoms with Gasteiger partial charge in [-0.25, -0.2) is 0 Å². The van der Waals surface area contributed by atoms with Crippen LogP contribution in [0.15, 0.2) is 35.1 Å². The highest BCUT2D eigenvalue weighted by molar-refractivity contribution is 5.70. The lowest BCUT2D eigenvalue weighted by atomic mass is 9.92. The van der Waals surface area contributed by atoms with Crippen LogP contribution in [-0.4, -0.2) is 11.2 Å². The summed E-state index contributed by atoms with van der Waals surface area (Å²) in [5, 5.41) is 9.13. The largest absolute Gasteiger partial charge is 0.398 e. The van der Waals surface area contributed by atoms with Crippen LogP contribution in [0, 0.1) is 18.3 Å². The normalized spacial score (nSPS) is 16.0. The number of nitriles is 1. The molecule has 3 nitrogen and oxygen atoms in total. The summed E-state index contributed by atoms with van der Waals surface area (Å²) < 4.78 is 39.4. The molecule has 2 aromatic rings. The minimum absolute atomic E-state index is 0.0414. The molecule has 6 heteroatoms. The second-order valence-corrected chi connectivity index (χ2v) is 5.84. The van der Waals surface area contributed by atoms with E-state index in [9.17, 15) is 18.0 Å². The summed E-state index contributed by atoms with van der Waals surface area (Å²) in [6, 6.07) is 9.44. The second kappa shape index (κ2) is 4.98. The molecule has 0 atom stereocenters. The van der Waals surface area contributed by atoms with Gasteiger partial charge in [0.25, 0.3) is 5.56 Å². The number of nitrogens with one attached hydrogen (secondary N) is 1. The van der Waals surface area contributed by atoms with E-state index in [0.717, 1.165) is 0 Å². The van der Waals surface area contributed by atoms with Crippen LogP contribution in [0.5, 0.6) is 0 Å². The third-order valence-corrected chi connectivity index (χ3v) is 4.32. The number of aromatic nitrogens is 1. The highest BCUT2D eigenvalue weighted by Crippen LogP contribution is 2.58. The number of nitrogens with zero attached hydrogens (tertiary/aromatic N) is 1. The summed E-state index contributed by atoms with van der Waals surface area (Å²) in [7, 11) is 0. The van der Waals surface area contributed by atoms with Gasteiger partial charge in [0.1, 0.15) is 11.6 Å². The molecule has 0 saturated heterocycles. The van der Waals surface area contributed by atoms with Crippen LogP contribution >= 0.6 is 0 Å². The van der Waals surface area contributed by atoms with E-state index in [-0.39, 0.29) is 24.0 Å². The first-order chi connectivity index (χ1) is 10.8. The Bertz CT molecular complexity index is 853. The topological polar surface area (TPSA) is 56.6 Å². The van der Waals surface area contributed by atoms with Crippen molar-refractivity contribution in [3.63, 3.8) is 0 Å². The van der Waals surface area contributed by atoms with Crippen molar-refractivity contribution >= 4 is 0 Å². The van der Waals surface area contributed by atoms with Crippen molar-refractivity contribution in [2.45, 2.75) is 31.4 Å². The van der Waals surface area contributed by atoms with Crippen LogP contribution in [0.2, 0.25) is 0 Å². The predicted molar refractivity (Wildman–Crippen MR) is 78.9 cm³/mol. The number of halogens is 3. The third kappa shape index (κ3) is 2.42. The van der Waals surface area contributed by atoms with Crippen molar-refractivity contribution in [2.24, 2.45) is 0 Å². The number of aryl methyl sites for hydroxylation is 1. The predicted octanol–water partition coefficient (Wildman–Crippen LogP) is 3.82. The Morgan fingerprint density at radius 1 is 1.22 bits per heavy atom. The molecule has 1 N–H and O–H groups in total. The molecule has 1 aromatic heterocycles. The quantitative estimate of drug-likeness (QED) is 0.915. The third-order valence-electron chi connectivity index (χ3n) is 4.32. The van der Waals surface area contributed by atoms with Crippen molar-refractivity contribution in [3.05, 3.63) is 57.5 Å². The van der Waals surface area contributed by atoms with Crippen LogP contribution < -0.4 is 5.56 Å². The molecule has 1 saturated carbocycles. The summed E-state index contributed by atoms with van der Waals surface area (Å²) in [5.41, 5.74) is -0.473. The van der Waals surface area contributed by atoms with Crippen molar-refractivity contribution in [1.82, 2.24) is 4.98 Å². The van der Waals surface area contributed by atoms with Crippen LogP contribution in [0.4, 0.5) is 13.2 Å². The van der Waals surface area contributed by atoms with E-state index in [2.05, 4.69) is 4.98 Å². The van der Waals surface area contributed by atoms with Gasteiger partial charge in [0, 0.05) is 11.3 Å². The van der Waals surface area contributed by atoms with Gasteiger partial charge in [-0.1, -0.05) is 24.3 Å². The molecular weight excluding hydrogens is 305 g/mol. The molecule has 0 amide bonds. The number of pyridine rings is 1. The summed E-state index contributed by atoms with van der Waals surface area (Å²) in [4.78, 5) is 14.3. The molecule has 0 unspecified atom stereocenters. The summed E-state index contributed by atoms with van der Waals surface area (Å²) >= 11 is 0. The standard InChI is InChI=1S/C17H13F3N2O/c1-10-8-13(14(9-21)15(23)22-10)11-2-4-12(5-3-11)16(6-7-16)17(18,19)20/h2-5,8H,6-7H2,1H3,(H,22,23). The van der Waals surface area contributed by atoms with E-state index in [1.165, 1.54) is 24.3 Å². The number of hydrogen-bond acceptors (Lipinski definition) is 2. The van der Waals surface area contributed by atoms with Crippen molar-refractivity contribution < 1.29 is 13.2 Å². The molecule has 0 aliphatic heterocycles. The number of rotatable bonds is 2. The van der Waals surface area contributed by atoms with Gasteiger partial charge in [-0.05, 0) is 37.0 Å². The van der Waals surface area contributed by atoms with E-state index in [1.54, 1.807) is 13.0 Å². The second-order valence-electron chi connectivity index (χ2n) is 5.84. The maximum absolute atomic E-state index is 13.1. The van der Waals surface area contributed by atoms with E-state index < -0.39 is 17.2 Å². The molecule has 1 aliphatic rings. The fraction of sp³-hybridized carbons (Fsp3) is 0.294. The molecule has 1 aromatic carbocycles. The Kier molecular flexibility index (Phi) is 3.33. The van der Waals surface area contributed by atoms with Gasteiger partial charge in [-0.15, -0.1) is 0 Å². The molecule has 1 heterocycles. The zero-order valence-electron chi connectivity index (χ0n) is 12.3. The smallest absolute Gasteiger partial charge is 0.325 e. The van der Waals surface area contributed by atoms with Gasteiger partial charge >= 0.3 is 6.18 Å². The zero-order valence-corrected chi connectivity index (χ0v) is 12.3. The van der Waals surface area contributed by atoms with Gasteiger partial charge < -0.3 is 4.98 Å². The van der Waals surface area contributed by atoms with Crippen LogP contribution in [0.3, 0.4) is 0 Å². The fourth-order valence-electron chi connectivity index (χ4n) is 2.86. The van der Waals surface area contributed by atoms with Gasteiger partial charge in [0.05, 0.1) is 5.41 Å². The summed E-state index contributed by atoms with van der Waals surface area (Å²) in [6.07, 6.45) is -4.06. The van der Waals surface area contributed by atoms with Crippen LogP contribution in [0.25, 0.3) is 11.1 Å². The molecule has 0 bridgehead atoms. The molecule has 23 heavy (non-hydrogen) atoms. The minimum Gasteiger partial charge on any atom is -0.325 e. The Labute approximate surface area is 130 Å². The SMILES string of the molecule is Cc1cc(-c2ccc(C3(C(F)(F)F)CC3)cc2)c(C#N)c(=O)[nH]1. The maximum Gasteiger partial charge on any atom is 0.398 e. The first-order valence-electron chi connectivity index (χ1n) is 7.10. The number of benzene rings is 1. The number of hydrogen-bond donors (Lipinski definition) is 1. The maximum atomic E-state index is 13.1. The van der Waals surface area contributed by atoms with Crippen LogP contribution in [0.1, 0.15) is 29.7 Å². The van der Waals surface area contributed by atoms with Gasteiger partial charge in [0.2, 0.25) is 0 Å². The van der Waals surface area contributed by atoms with E-state index >= 15 is 0 Å². The van der Waals surface area contributed by atoms with E-state index in [0.29, 0.717) is 16.8 Å². The van der Waals surface area contributed by atoms with Gasteiger partial charge in [-0.2, -0.15) is 18.4 Å². The Balaban J connectivity index is 2.06. The molecular formula is C17H13F3N2O. The average Bonchev–Trinajstić information content (AvgIpc) is 3.28. The highest BCUT2D eigenvalue weighted by atomic mass is 19.4. The lowest BCUT2D eigenvalue weighted by molar-refractivity contribution is -0.160. The van der Waals surface area contributed by atoms with E-state index in [4.69, 9.17) is 5.26 Å². The minimum atomic E-state index is -4.26. The molecule has 1 fully saturated rings. The van der Waals surface area contributed by atoms with Crippen LogP contribution in [-0.2, 0) is 5.41 Å². The number of alkyl halides is 3. The summed E-state index contributed by atoms with van der Waals surface area (Å²) in [5.74, 6) is 0. The first-order valence-corrected chi connectivity index (χ1v) is 7.10. The monoisotopic (exact) mass is 318 g/mol. The Morgan fingerprint density at radius 3 is 2.30 bits per heavy atom. The average molecular weight is 318 g/mol. The lowest BCUT2D eigenvalue weighted by Gasteiger charge is -2.20. The molecule has 3 rings (SSSR count). The van der Waals surface area contributed by atoms with Gasteiger partial charge in [0.15, 0.2) is 0 Å². The fourth-order valence-corrected chi connectivity index (χ4v) is 2.86. The first kappa shape index (κ1) is 15.3. The van der Waals surface area contributed by atoms with Crippen molar-refractivity contribution in [2.75, 3.05) is 0 Å². The Morgan fingerprint density at radius 2 is 1.83 bits per heavy atom. The molecule has 0 radical (unpaired) electrons. The lowest BCUT2D eigenvalue weighted by Crippen LogP contribution is -2.28. The summed E-state index contributed by atoms with van der Waals surface area (Å²) in [6.45, 7) is 1.68. The van der Waals surface area contributed by atoms with Gasteiger partial charge in [-0.3, -0.25) is 4.79 Å². The van der Waals surface area contributed by atoms with E-state index in [1.807, 2.05) is 6.07 Å². The molecule has 118 valence electrons. The number of aromatic amines is 1. The Hall–Kier alpha value is -2.55. The highest BCUT2D eigenvalue weighted by Gasteiger charge is 2.64. The van der Waals surface area contributed by atoms with Crippen molar-refractivity contribution in [1.29, 1.82) is 5.26 Å². The molecule has 0 spiro atoms.